The molecule has 0 fully saturated rings. The summed E-state index contributed by atoms with van der Waals surface area (Å²) in [5, 5.41) is 4.84. The predicted molar refractivity (Wildman–Crippen MR) is 111 cm³/mol. The molecule has 0 atom stereocenters. The SMILES string of the molecule is CCn1c(SCC(=O)NN=Cc2cc(OC)ccc2OC)nc2ccccc21. The molecule has 0 radical (unpaired) electrons. The average Bonchev–Trinajstić information content (AvgIpc) is 3.09. The Morgan fingerprint density at radius 2 is 2.07 bits per heavy atom. The molecule has 1 heterocycles. The van der Waals surface area contributed by atoms with Crippen molar-refractivity contribution in [3.05, 3.63) is 48.0 Å². The van der Waals surface area contributed by atoms with Crippen molar-refractivity contribution < 1.29 is 14.3 Å². The zero-order valence-corrected chi connectivity index (χ0v) is 16.8. The fourth-order valence-electron chi connectivity index (χ4n) is 2.75. The van der Waals surface area contributed by atoms with Gasteiger partial charge in [-0.05, 0) is 37.3 Å². The van der Waals surface area contributed by atoms with Crippen molar-refractivity contribution in [1.82, 2.24) is 15.0 Å². The van der Waals surface area contributed by atoms with E-state index in [1.807, 2.05) is 24.3 Å². The molecule has 0 spiro atoms. The third-order valence-electron chi connectivity index (χ3n) is 4.10. The number of imidazole rings is 1. The maximum atomic E-state index is 12.2. The van der Waals surface area contributed by atoms with Crippen molar-refractivity contribution in [3.8, 4) is 11.5 Å². The van der Waals surface area contributed by atoms with E-state index in [4.69, 9.17) is 9.47 Å². The summed E-state index contributed by atoms with van der Waals surface area (Å²) in [7, 11) is 3.17. The molecular weight excluding hydrogens is 376 g/mol. The Morgan fingerprint density at radius 1 is 1.25 bits per heavy atom. The van der Waals surface area contributed by atoms with Gasteiger partial charge in [-0.2, -0.15) is 5.10 Å². The summed E-state index contributed by atoms with van der Waals surface area (Å²) in [4.78, 5) is 16.8. The number of rotatable bonds is 8. The number of fused-ring (bicyclic) bond motifs is 1. The second-order valence-corrected chi connectivity index (χ2v) is 6.76. The molecule has 0 saturated heterocycles. The van der Waals surface area contributed by atoms with Crippen LogP contribution < -0.4 is 14.9 Å². The fraction of sp³-hybridized carbons (Fsp3) is 0.250. The predicted octanol–water partition coefficient (Wildman–Crippen LogP) is 3.32. The van der Waals surface area contributed by atoms with Crippen LogP contribution in [0.15, 0.2) is 52.7 Å². The highest BCUT2D eigenvalue weighted by Crippen LogP contribution is 2.24. The first-order valence-electron chi connectivity index (χ1n) is 8.78. The number of ether oxygens (including phenoxy) is 2. The molecule has 0 bridgehead atoms. The van der Waals surface area contributed by atoms with Gasteiger partial charge in [0.1, 0.15) is 11.5 Å². The van der Waals surface area contributed by atoms with E-state index in [2.05, 4.69) is 27.0 Å². The lowest BCUT2D eigenvalue weighted by atomic mass is 10.2. The molecule has 1 amide bonds. The highest BCUT2D eigenvalue weighted by molar-refractivity contribution is 7.99. The lowest BCUT2D eigenvalue weighted by Gasteiger charge is -2.07. The summed E-state index contributed by atoms with van der Waals surface area (Å²) in [6.45, 7) is 2.85. The number of hydrogen-bond acceptors (Lipinski definition) is 6. The second-order valence-electron chi connectivity index (χ2n) is 5.82. The minimum atomic E-state index is -0.210. The molecule has 0 aliphatic carbocycles. The van der Waals surface area contributed by atoms with Gasteiger partial charge in [0, 0.05) is 12.1 Å². The fourth-order valence-corrected chi connectivity index (χ4v) is 3.62. The maximum Gasteiger partial charge on any atom is 0.250 e. The van der Waals surface area contributed by atoms with Gasteiger partial charge in [0.2, 0.25) is 0 Å². The van der Waals surface area contributed by atoms with Gasteiger partial charge < -0.3 is 14.0 Å². The molecule has 28 heavy (non-hydrogen) atoms. The van der Waals surface area contributed by atoms with Gasteiger partial charge >= 0.3 is 0 Å². The quantitative estimate of drug-likeness (QED) is 0.358. The molecule has 8 heteroatoms. The summed E-state index contributed by atoms with van der Waals surface area (Å²) < 4.78 is 12.6. The average molecular weight is 398 g/mol. The van der Waals surface area contributed by atoms with Crippen LogP contribution in [0.25, 0.3) is 11.0 Å². The van der Waals surface area contributed by atoms with Crippen LogP contribution >= 0.6 is 11.8 Å². The lowest BCUT2D eigenvalue weighted by molar-refractivity contribution is -0.118. The van der Waals surface area contributed by atoms with E-state index >= 15 is 0 Å². The number of nitrogens with one attached hydrogen (secondary N) is 1. The van der Waals surface area contributed by atoms with E-state index < -0.39 is 0 Å². The molecule has 0 aliphatic rings. The number of aryl methyl sites for hydroxylation is 1. The van der Waals surface area contributed by atoms with E-state index in [0.29, 0.717) is 17.1 Å². The highest BCUT2D eigenvalue weighted by Gasteiger charge is 2.11. The Labute approximate surface area is 167 Å². The van der Waals surface area contributed by atoms with E-state index in [0.717, 1.165) is 22.7 Å². The van der Waals surface area contributed by atoms with Gasteiger partial charge in [0.15, 0.2) is 5.16 Å². The molecule has 3 rings (SSSR count). The molecule has 1 N–H and O–H groups in total. The number of hydrazone groups is 1. The van der Waals surface area contributed by atoms with Gasteiger partial charge in [0.05, 0.1) is 37.2 Å². The topological polar surface area (TPSA) is 77.7 Å². The minimum absolute atomic E-state index is 0.210. The summed E-state index contributed by atoms with van der Waals surface area (Å²) in [6.07, 6.45) is 1.53. The maximum absolute atomic E-state index is 12.2. The van der Waals surface area contributed by atoms with Crippen LogP contribution in [0.4, 0.5) is 0 Å². The van der Waals surface area contributed by atoms with E-state index in [9.17, 15) is 4.79 Å². The summed E-state index contributed by atoms with van der Waals surface area (Å²) >= 11 is 1.39. The molecular formula is C20H22N4O3S. The number of carbonyl (C=O) groups is 1. The normalized spacial score (nSPS) is 11.1. The first-order chi connectivity index (χ1) is 13.7. The molecule has 0 saturated carbocycles. The largest absolute Gasteiger partial charge is 0.497 e. The smallest absolute Gasteiger partial charge is 0.250 e. The summed E-state index contributed by atoms with van der Waals surface area (Å²) in [6, 6.07) is 13.3. The minimum Gasteiger partial charge on any atom is -0.497 e. The van der Waals surface area contributed by atoms with Crippen molar-refractivity contribution in [2.75, 3.05) is 20.0 Å². The zero-order valence-electron chi connectivity index (χ0n) is 16.0. The second kappa shape index (κ2) is 9.27. The number of para-hydroxylation sites is 2. The molecule has 146 valence electrons. The van der Waals surface area contributed by atoms with E-state index in [1.54, 1.807) is 32.4 Å². The first kappa shape index (κ1) is 19.8. The van der Waals surface area contributed by atoms with Gasteiger partial charge in [-0.1, -0.05) is 23.9 Å². The van der Waals surface area contributed by atoms with Crippen molar-refractivity contribution in [2.24, 2.45) is 5.10 Å². The van der Waals surface area contributed by atoms with Crippen LogP contribution in [-0.2, 0) is 11.3 Å². The number of aromatic nitrogens is 2. The van der Waals surface area contributed by atoms with E-state index in [-0.39, 0.29) is 11.7 Å². The third kappa shape index (κ3) is 4.45. The van der Waals surface area contributed by atoms with Crippen molar-refractivity contribution >= 4 is 34.9 Å². The lowest BCUT2D eigenvalue weighted by Crippen LogP contribution is -2.20. The molecule has 1 aromatic heterocycles. The zero-order chi connectivity index (χ0) is 19.9. The number of nitrogens with zero attached hydrogens (tertiary/aromatic N) is 3. The van der Waals surface area contributed by atoms with Crippen LogP contribution in [0.5, 0.6) is 11.5 Å². The van der Waals surface area contributed by atoms with Gasteiger partial charge in [0.25, 0.3) is 5.91 Å². The number of carbonyl (C=O) groups excluding carboxylic acids is 1. The van der Waals surface area contributed by atoms with Gasteiger partial charge in [-0.3, -0.25) is 4.79 Å². The Morgan fingerprint density at radius 3 is 2.82 bits per heavy atom. The highest BCUT2D eigenvalue weighted by atomic mass is 32.2. The summed E-state index contributed by atoms with van der Waals surface area (Å²) in [5.41, 5.74) is 5.24. The van der Waals surface area contributed by atoms with Crippen LogP contribution in [0, 0.1) is 0 Å². The van der Waals surface area contributed by atoms with Crippen LogP contribution in [-0.4, -0.2) is 41.6 Å². The van der Waals surface area contributed by atoms with Crippen LogP contribution in [0.1, 0.15) is 12.5 Å². The molecule has 2 aromatic carbocycles. The van der Waals surface area contributed by atoms with Crippen molar-refractivity contribution in [3.63, 3.8) is 0 Å². The molecule has 0 unspecified atom stereocenters. The number of hydrogen-bond donors (Lipinski definition) is 1. The molecule has 3 aromatic rings. The number of methoxy groups -OCH3 is 2. The Hall–Kier alpha value is -3.00. The number of thioether (sulfide) groups is 1. The third-order valence-corrected chi connectivity index (χ3v) is 5.07. The van der Waals surface area contributed by atoms with Crippen molar-refractivity contribution in [1.29, 1.82) is 0 Å². The summed E-state index contributed by atoms with van der Waals surface area (Å²) in [5.74, 6) is 1.33. The van der Waals surface area contributed by atoms with Gasteiger partial charge in [-0.25, -0.2) is 10.4 Å². The standard InChI is InChI=1S/C20H22N4O3S/c1-4-24-17-8-6-5-7-16(17)22-20(24)28-13-19(25)23-21-12-14-11-15(26-2)9-10-18(14)27-3/h5-12H,4,13H2,1-3H3,(H,23,25). The van der Waals surface area contributed by atoms with E-state index in [1.165, 1.54) is 18.0 Å². The van der Waals surface area contributed by atoms with Crippen molar-refractivity contribution in [2.45, 2.75) is 18.6 Å². The monoisotopic (exact) mass is 398 g/mol. The number of amides is 1. The molecule has 0 aliphatic heterocycles. The molecule has 7 nitrogen and oxygen atoms in total. The van der Waals surface area contributed by atoms with Gasteiger partial charge in [-0.15, -0.1) is 0 Å². The Bertz CT molecular complexity index is 1000. The Kier molecular flexibility index (Phi) is 6.54. The van der Waals surface area contributed by atoms with Crippen LogP contribution in [0.2, 0.25) is 0 Å². The Balaban J connectivity index is 1.62. The van der Waals surface area contributed by atoms with Crippen LogP contribution in [0.3, 0.4) is 0 Å². The number of benzene rings is 2. The first-order valence-corrected chi connectivity index (χ1v) is 9.76.